The Morgan fingerprint density at radius 1 is 0.292 bits per heavy atom. The Bertz CT molecular complexity index is 1430. The van der Waals surface area contributed by atoms with Gasteiger partial charge in [0, 0.05) is 19.3 Å². The van der Waals surface area contributed by atoms with Gasteiger partial charge in [0.05, 0.1) is 0 Å². The third kappa shape index (κ3) is 57.2. The fourth-order valence-electron chi connectivity index (χ4n) is 8.30. The molecule has 0 amide bonds. The predicted octanol–water partition coefficient (Wildman–Crippen LogP) is 20.5. The molecule has 0 saturated heterocycles. The Labute approximate surface area is 445 Å². The van der Waals surface area contributed by atoms with Gasteiger partial charge in [0.2, 0.25) is 0 Å². The molecule has 6 heteroatoms. The summed E-state index contributed by atoms with van der Waals surface area (Å²) in [5.41, 5.74) is 0. The first-order valence-electron chi connectivity index (χ1n) is 30.2. The average molecular weight is 1000 g/mol. The zero-order valence-corrected chi connectivity index (χ0v) is 47.2. The summed E-state index contributed by atoms with van der Waals surface area (Å²) < 4.78 is 16.9. The molecule has 0 saturated carbocycles. The van der Waals surface area contributed by atoms with Gasteiger partial charge >= 0.3 is 17.9 Å². The number of hydrogen-bond acceptors (Lipinski definition) is 6. The van der Waals surface area contributed by atoms with Crippen LogP contribution in [-0.2, 0) is 28.6 Å². The predicted molar refractivity (Wildman–Crippen MR) is 311 cm³/mol. The summed E-state index contributed by atoms with van der Waals surface area (Å²) in [5.74, 6) is -0.907. The third-order valence-electron chi connectivity index (χ3n) is 12.8. The molecule has 0 aliphatic rings. The molecule has 0 aliphatic heterocycles. The standard InChI is InChI=1S/C66H112O6/c1-4-7-10-13-16-19-22-25-27-28-29-30-31-32-33-34-35-36-37-38-39-42-44-47-50-53-56-59-65(68)71-62-63(61-70-64(67)58-55-52-49-46-43-40-24-21-18-15-12-9-6-3)72-66(69)60-57-54-51-48-45-41-26-23-20-17-14-11-8-5-2/h7,10,16,19,21,24-25,27,29-30,32-33,35-36,38-39,63H,4-6,8-9,11-15,17-18,20,22-23,26,28,31,34,37,40-62H2,1-3H3/b10-7-,19-16-,24-21-,27-25-,30-29-,33-32-,36-35-,39-38-. The summed E-state index contributed by atoms with van der Waals surface area (Å²) in [6.45, 7) is 6.50. The van der Waals surface area contributed by atoms with E-state index in [0.29, 0.717) is 19.3 Å². The molecule has 412 valence electrons. The maximum Gasteiger partial charge on any atom is 0.306 e. The van der Waals surface area contributed by atoms with Crippen LogP contribution in [0, 0.1) is 0 Å². The number of unbranched alkanes of at least 4 members (excludes halogenated alkanes) is 27. The molecule has 0 spiro atoms. The van der Waals surface area contributed by atoms with E-state index in [4.69, 9.17) is 14.2 Å². The molecular weight excluding hydrogens is 889 g/mol. The number of hydrogen-bond donors (Lipinski definition) is 0. The zero-order valence-electron chi connectivity index (χ0n) is 47.2. The van der Waals surface area contributed by atoms with Crippen molar-refractivity contribution in [3.8, 4) is 0 Å². The highest BCUT2D eigenvalue weighted by Crippen LogP contribution is 2.15. The number of ether oxygens (including phenoxy) is 3. The van der Waals surface area contributed by atoms with E-state index in [9.17, 15) is 14.4 Å². The lowest BCUT2D eigenvalue weighted by atomic mass is 10.0. The normalized spacial score (nSPS) is 12.8. The van der Waals surface area contributed by atoms with Gasteiger partial charge in [0.25, 0.3) is 0 Å². The first kappa shape index (κ1) is 68.3. The van der Waals surface area contributed by atoms with Gasteiger partial charge in [-0.2, -0.15) is 0 Å². The minimum absolute atomic E-state index is 0.0861. The van der Waals surface area contributed by atoms with Crippen molar-refractivity contribution in [2.75, 3.05) is 13.2 Å². The van der Waals surface area contributed by atoms with Crippen LogP contribution in [0.1, 0.15) is 284 Å². The van der Waals surface area contributed by atoms with Crippen molar-refractivity contribution >= 4 is 17.9 Å². The van der Waals surface area contributed by atoms with Crippen LogP contribution in [0.2, 0.25) is 0 Å². The van der Waals surface area contributed by atoms with Crippen molar-refractivity contribution in [3.63, 3.8) is 0 Å². The maximum absolute atomic E-state index is 12.9. The molecule has 0 radical (unpaired) electrons. The summed E-state index contributed by atoms with van der Waals surface area (Å²) in [5, 5.41) is 0. The van der Waals surface area contributed by atoms with Crippen LogP contribution in [0.5, 0.6) is 0 Å². The second-order valence-corrected chi connectivity index (χ2v) is 19.9. The molecule has 0 aliphatic carbocycles. The molecule has 1 unspecified atom stereocenters. The van der Waals surface area contributed by atoms with Crippen LogP contribution < -0.4 is 0 Å². The van der Waals surface area contributed by atoms with E-state index < -0.39 is 6.10 Å². The van der Waals surface area contributed by atoms with Crippen molar-refractivity contribution in [1.29, 1.82) is 0 Å². The summed E-state index contributed by atoms with van der Waals surface area (Å²) >= 11 is 0. The van der Waals surface area contributed by atoms with Crippen molar-refractivity contribution in [2.45, 2.75) is 290 Å². The highest BCUT2D eigenvalue weighted by molar-refractivity contribution is 5.71. The lowest BCUT2D eigenvalue weighted by Crippen LogP contribution is -2.30. The van der Waals surface area contributed by atoms with Gasteiger partial charge in [-0.3, -0.25) is 14.4 Å². The third-order valence-corrected chi connectivity index (χ3v) is 12.8. The molecule has 0 bridgehead atoms. The van der Waals surface area contributed by atoms with Crippen molar-refractivity contribution in [2.24, 2.45) is 0 Å². The summed E-state index contributed by atoms with van der Waals surface area (Å²) in [6.07, 6.45) is 79.7. The van der Waals surface area contributed by atoms with E-state index in [1.54, 1.807) is 0 Å². The first-order valence-corrected chi connectivity index (χ1v) is 30.2. The molecule has 0 aromatic carbocycles. The monoisotopic (exact) mass is 1000 g/mol. The average Bonchev–Trinajstić information content (AvgIpc) is 3.38. The number of rotatable bonds is 54. The Morgan fingerprint density at radius 2 is 0.542 bits per heavy atom. The zero-order chi connectivity index (χ0) is 52.2. The topological polar surface area (TPSA) is 78.9 Å². The molecular formula is C66H112O6. The fraction of sp³-hybridized carbons (Fsp3) is 0.712. The Kier molecular flexibility index (Phi) is 56.8. The number of esters is 3. The first-order chi connectivity index (χ1) is 35.5. The molecule has 6 nitrogen and oxygen atoms in total. The van der Waals surface area contributed by atoms with Crippen LogP contribution in [0.4, 0.5) is 0 Å². The molecule has 72 heavy (non-hydrogen) atoms. The highest BCUT2D eigenvalue weighted by atomic mass is 16.6. The van der Waals surface area contributed by atoms with Crippen molar-refractivity contribution < 1.29 is 28.6 Å². The lowest BCUT2D eigenvalue weighted by molar-refractivity contribution is -0.167. The van der Waals surface area contributed by atoms with Crippen LogP contribution >= 0.6 is 0 Å². The molecule has 0 aromatic rings. The quantitative estimate of drug-likeness (QED) is 0.0261. The molecule has 1 atom stereocenters. The number of carbonyl (C=O) groups is 3. The fourth-order valence-corrected chi connectivity index (χ4v) is 8.30. The van der Waals surface area contributed by atoms with E-state index in [2.05, 4.69) is 118 Å². The van der Waals surface area contributed by atoms with E-state index in [1.807, 2.05) is 0 Å². The molecule has 0 fully saturated rings. The molecule has 0 aromatic heterocycles. The summed E-state index contributed by atoms with van der Waals surface area (Å²) in [7, 11) is 0. The number of carbonyl (C=O) groups excluding carboxylic acids is 3. The van der Waals surface area contributed by atoms with Gasteiger partial charge in [0.1, 0.15) is 13.2 Å². The van der Waals surface area contributed by atoms with Gasteiger partial charge < -0.3 is 14.2 Å². The Morgan fingerprint density at radius 3 is 0.875 bits per heavy atom. The second kappa shape index (κ2) is 59.9. The summed E-state index contributed by atoms with van der Waals surface area (Å²) in [6, 6.07) is 0. The van der Waals surface area contributed by atoms with E-state index in [1.165, 1.54) is 116 Å². The van der Waals surface area contributed by atoms with Crippen LogP contribution in [0.3, 0.4) is 0 Å². The second-order valence-electron chi connectivity index (χ2n) is 19.9. The molecule has 0 heterocycles. The smallest absolute Gasteiger partial charge is 0.306 e. The van der Waals surface area contributed by atoms with E-state index in [0.717, 1.165) is 128 Å². The highest BCUT2D eigenvalue weighted by Gasteiger charge is 2.19. The summed E-state index contributed by atoms with van der Waals surface area (Å²) in [4.78, 5) is 38.2. The van der Waals surface area contributed by atoms with Gasteiger partial charge in [-0.1, -0.05) is 259 Å². The van der Waals surface area contributed by atoms with Gasteiger partial charge in [-0.05, 0) is 103 Å². The van der Waals surface area contributed by atoms with Crippen LogP contribution in [0.15, 0.2) is 97.2 Å². The van der Waals surface area contributed by atoms with Gasteiger partial charge in [-0.25, -0.2) is 0 Å². The Balaban J connectivity index is 4.35. The van der Waals surface area contributed by atoms with Crippen LogP contribution in [0.25, 0.3) is 0 Å². The minimum Gasteiger partial charge on any atom is -0.462 e. The Hall–Kier alpha value is -3.67. The van der Waals surface area contributed by atoms with E-state index >= 15 is 0 Å². The van der Waals surface area contributed by atoms with Gasteiger partial charge in [0.15, 0.2) is 6.10 Å². The minimum atomic E-state index is -0.788. The maximum atomic E-state index is 12.9. The van der Waals surface area contributed by atoms with Crippen LogP contribution in [-0.4, -0.2) is 37.2 Å². The number of allylic oxidation sites excluding steroid dienone is 16. The molecule has 0 rings (SSSR count). The van der Waals surface area contributed by atoms with E-state index in [-0.39, 0.29) is 31.1 Å². The largest absolute Gasteiger partial charge is 0.462 e. The van der Waals surface area contributed by atoms with Crippen molar-refractivity contribution in [3.05, 3.63) is 97.2 Å². The van der Waals surface area contributed by atoms with Crippen molar-refractivity contribution in [1.82, 2.24) is 0 Å². The lowest BCUT2D eigenvalue weighted by Gasteiger charge is -2.18. The molecule has 0 N–H and O–H groups in total. The van der Waals surface area contributed by atoms with Gasteiger partial charge in [-0.15, -0.1) is 0 Å². The SMILES string of the molecule is CC/C=C\C/C=C\C/C=C\C/C=C\C/C=C\C/C=C\C/C=C\CCCCCCCC(=O)OCC(COC(=O)CCCCCCC/C=C\CCCCCC)OC(=O)CCCCCCCCCCCCCCCC.